The van der Waals surface area contributed by atoms with Crippen LogP contribution in [0.1, 0.15) is 60.3 Å². The quantitative estimate of drug-likeness (QED) is 0.642. The lowest BCUT2D eigenvalue weighted by Crippen LogP contribution is -2.43. The number of hydrogen-bond acceptors (Lipinski definition) is 2. The van der Waals surface area contributed by atoms with E-state index in [0.717, 1.165) is 37.0 Å². The van der Waals surface area contributed by atoms with Crippen LogP contribution >= 0.6 is 0 Å². The summed E-state index contributed by atoms with van der Waals surface area (Å²) in [6.07, 6.45) is 5.53. The lowest BCUT2D eigenvalue weighted by atomic mass is 10.0. The Hall–Kier alpha value is -0.0800. The largest absolute Gasteiger partial charge is 0.316 e. The molecule has 0 aromatic rings. The molecule has 1 fully saturated rings. The van der Waals surface area contributed by atoms with Crippen LogP contribution in [0.25, 0.3) is 0 Å². The summed E-state index contributed by atoms with van der Waals surface area (Å²) in [6.45, 7) is 15.3. The predicted octanol–water partition coefficient (Wildman–Crippen LogP) is 3.52. The van der Waals surface area contributed by atoms with Gasteiger partial charge in [-0.15, -0.1) is 0 Å². The number of nitrogens with one attached hydrogen (secondary N) is 1. The first-order valence-electron chi connectivity index (χ1n) is 8.02. The van der Waals surface area contributed by atoms with Crippen LogP contribution in [0.2, 0.25) is 0 Å². The zero-order valence-electron chi connectivity index (χ0n) is 13.2. The molecular formula is C16H34N2. The maximum Gasteiger partial charge on any atom is 0.0108 e. The van der Waals surface area contributed by atoms with Gasteiger partial charge in [-0.05, 0) is 57.7 Å². The van der Waals surface area contributed by atoms with Crippen molar-refractivity contribution in [3.63, 3.8) is 0 Å². The Morgan fingerprint density at radius 2 is 1.78 bits per heavy atom. The topological polar surface area (TPSA) is 15.3 Å². The molecule has 0 spiro atoms. The van der Waals surface area contributed by atoms with Crippen LogP contribution in [-0.4, -0.2) is 36.6 Å². The molecule has 0 amide bonds. The second kappa shape index (κ2) is 8.16. The third-order valence-electron chi connectivity index (χ3n) is 4.15. The second-order valence-corrected chi connectivity index (χ2v) is 6.59. The van der Waals surface area contributed by atoms with Gasteiger partial charge in [0.15, 0.2) is 0 Å². The predicted molar refractivity (Wildman–Crippen MR) is 81.0 cm³/mol. The number of nitrogens with zero attached hydrogens (tertiary/aromatic N) is 1. The standard InChI is InChI=1S/C16H34N2/c1-6-7-10-18(16-8-9-16)15(5)14(4)12-17-11-13(2)3/h13-17H,6-12H2,1-5H3. The van der Waals surface area contributed by atoms with Crippen molar-refractivity contribution in [2.24, 2.45) is 11.8 Å². The van der Waals surface area contributed by atoms with Gasteiger partial charge >= 0.3 is 0 Å². The van der Waals surface area contributed by atoms with E-state index < -0.39 is 0 Å². The molecule has 108 valence electrons. The van der Waals surface area contributed by atoms with Crippen molar-refractivity contribution in [3.8, 4) is 0 Å². The van der Waals surface area contributed by atoms with Crippen molar-refractivity contribution < 1.29 is 0 Å². The van der Waals surface area contributed by atoms with Gasteiger partial charge in [0.05, 0.1) is 0 Å². The number of unbranched alkanes of at least 4 members (excludes halogenated alkanes) is 1. The molecular weight excluding hydrogens is 220 g/mol. The molecule has 0 saturated heterocycles. The summed E-state index contributed by atoms with van der Waals surface area (Å²) < 4.78 is 0. The van der Waals surface area contributed by atoms with E-state index >= 15 is 0 Å². The third-order valence-corrected chi connectivity index (χ3v) is 4.15. The van der Waals surface area contributed by atoms with Crippen molar-refractivity contribution in [1.82, 2.24) is 10.2 Å². The van der Waals surface area contributed by atoms with Gasteiger partial charge in [-0.1, -0.05) is 34.1 Å². The monoisotopic (exact) mass is 254 g/mol. The first-order valence-corrected chi connectivity index (χ1v) is 8.02. The highest BCUT2D eigenvalue weighted by atomic mass is 15.2. The van der Waals surface area contributed by atoms with Crippen molar-refractivity contribution in [3.05, 3.63) is 0 Å². The van der Waals surface area contributed by atoms with Crippen LogP contribution in [0.15, 0.2) is 0 Å². The Kier molecular flexibility index (Phi) is 7.25. The Morgan fingerprint density at radius 1 is 1.11 bits per heavy atom. The molecule has 1 N–H and O–H groups in total. The zero-order chi connectivity index (χ0) is 13.5. The maximum absolute atomic E-state index is 3.61. The highest BCUT2D eigenvalue weighted by molar-refractivity contribution is 4.89. The first kappa shape index (κ1) is 16.0. The van der Waals surface area contributed by atoms with Crippen LogP contribution in [0.4, 0.5) is 0 Å². The van der Waals surface area contributed by atoms with Crippen LogP contribution in [0, 0.1) is 11.8 Å². The van der Waals surface area contributed by atoms with E-state index in [-0.39, 0.29) is 0 Å². The van der Waals surface area contributed by atoms with Crippen molar-refractivity contribution in [1.29, 1.82) is 0 Å². The summed E-state index contributed by atoms with van der Waals surface area (Å²) in [4.78, 5) is 2.77. The molecule has 2 unspecified atom stereocenters. The Balaban J connectivity index is 2.31. The van der Waals surface area contributed by atoms with Gasteiger partial charge in [0, 0.05) is 12.1 Å². The normalized spacial score (nSPS) is 19.5. The van der Waals surface area contributed by atoms with E-state index in [9.17, 15) is 0 Å². The van der Waals surface area contributed by atoms with Crippen LogP contribution < -0.4 is 5.32 Å². The van der Waals surface area contributed by atoms with E-state index in [1.165, 1.54) is 32.2 Å². The number of rotatable bonds is 10. The minimum atomic E-state index is 0.726. The van der Waals surface area contributed by atoms with Crippen LogP contribution in [0.3, 0.4) is 0 Å². The maximum atomic E-state index is 3.61. The fourth-order valence-electron chi connectivity index (χ4n) is 2.56. The fourth-order valence-corrected chi connectivity index (χ4v) is 2.56. The van der Waals surface area contributed by atoms with E-state index in [0.29, 0.717) is 0 Å². The molecule has 2 atom stereocenters. The minimum Gasteiger partial charge on any atom is -0.316 e. The lowest BCUT2D eigenvalue weighted by molar-refractivity contribution is 0.148. The van der Waals surface area contributed by atoms with Crippen molar-refractivity contribution >= 4 is 0 Å². The molecule has 18 heavy (non-hydrogen) atoms. The van der Waals surface area contributed by atoms with Crippen molar-refractivity contribution in [2.75, 3.05) is 19.6 Å². The SMILES string of the molecule is CCCCN(C1CC1)C(C)C(C)CNCC(C)C. The highest BCUT2D eigenvalue weighted by Gasteiger charge is 2.33. The summed E-state index contributed by atoms with van der Waals surface area (Å²) in [5.41, 5.74) is 0. The van der Waals surface area contributed by atoms with Gasteiger partial charge in [0.2, 0.25) is 0 Å². The molecule has 0 aromatic heterocycles. The average Bonchev–Trinajstić information content (AvgIpc) is 3.13. The molecule has 1 aliphatic carbocycles. The molecule has 0 radical (unpaired) electrons. The van der Waals surface area contributed by atoms with E-state index in [2.05, 4.69) is 44.8 Å². The highest BCUT2D eigenvalue weighted by Crippen LogP contribution is 2.30. The van der Waals surface area contributed by atoms with Gasteiger partial charge in [0.1, 0.15) is 0 Å². The smallest absolute Gasteiger partial charge is 0.0108 e. The number of hydrogen-bond donors (Lipinski definition) is 1. The lowest BCUT2D eigenvalue weighted by Gasteiger charge is -2.33. The second-order valence-electron chi connectivity index (χ2n) is 6.59. The molecule has 2 heteroatoms. The van der Waals surface area contributed by atoms with Crippen LogP contribution in [0.5, 0.6) is 0 Å². The molecule has 0 bridgehead atoms. The Morgan fingerprint density at radius 3 is 2.28 bits per heavy atom. The molecule has 1 saturated carbocycles. The van der Waals surface area contributed by atoms with E-state index in [1.54, 1.807) is 0 Å². The van der Waals surface area contributed by atoms with E-state index in [4.69, 9.17) is 0 Å². The third kappa shape index (κ3) is 5.71. The Labute approximate surface area is 115 Å². The minimum absolute atomic E-state index is 0.726. The fraction of sp³-hybridized carbons (Fsp3) is 1.00. The van der Waals surface area contributed by atoms with Crippen molar-refractivity contribution in [2.45, 2.75) is 72.4 Å². The van der Waals surface area contributed by atoms with E-state index in [1.807, 2.05) is 0 Å². The van der Waals surface area contributed by atoms with Crippen LogP contribution in [-0.2, 0) is 0 Å². The molecule has 1 aliphatic rings. The zero-order valence-corrected chi connectivity index (χ0v) is 13.2. The average molecular weight is 254 g/mol. The molecule has 0 aliphatic heterocycles. The molecule has 2 nitrogen and oxygen atoms in total. The summed E-state index contributed by atoms with van der Waals surface area (Å²) in [5.74, 6) is 1.51. The molecule has 0 heterocycles. The first-order chi connectivity index (χ1) is 8.56. The molecule has 0 aromatic carbocycles. The van der Waals surface area contributed by atoms with Gasteiger partial charge in [-0.3, -0.25) is 4.90 Å². The van der Waals surface area contributed by atoms with Gasteiger partial charge in [-0.2, -0.15) is 0 Å². The summed E-state index contributed by atoms with van der Waals surface area (Å²) in [6, 6.07) is 1.63. The van der Waals surface area contributed by atoms with Gasteiger partial charge in [0.25, 0.3) is 0 Å². The summed E-state index contributed by atoms with van der Waals surface area (Å²) >= 11 is 0. The van der Waals surface area contributed by atoms with Gasteiger partial charge < -0.3 is 5.32 Å². The Bertz CT molecular complexity index is 211. The van der Waals surface area contributed by atoms with Gasteiger partial charge in [-0.25, -0.2) is 0 Å². The summed E-state index contributed by atoms with van der Waals surface area (Å²) in [5, 5.41) is 3.61. The summed E-state index contributed by atoms with van der Waals surface area (Å²) in [7, 11) is 0. The molecule has 1 rings (SSSR count).